The molecular weight excluding hydrogens is 625 g/mol. The topological polar surface area (TPSA) is 148 Å². The van der Waals surface area contributed by atoms with Crippen molar-refractivity contribution in [3.05, 3.63) is 117 Å². The summed E-state index contributed by atoms with van der Waals surface area (Å²) in [6.07, 6.45) is 10.4. The Labute approximate surface area is 276 Å². The van der Waals surface area contributed by atoms with Crippen molar-refractivity contribution in [2.45, 2.75) is 25.2 Å². The molecular formula is C32H30N8O4S2. The summed E-state index contributed by atoms with van der Waals surface area (Å²) in [5, 5.41) is 16.1. The van der Waals surface area contributed by atoms with E-state index in [-0.39, 0.29) is 11.7 Å². The monoisotopic (exact) mass is 654 g/mol. The first kappa shape index (κ1) is 33.9. The van der Waals surface area contributed by atoms with Gasteiger partial charge in [0.05, 0.1) is 27.7 Å². The van der Waals surface area contributed by atoms with Crippen molar-refractivity contribution in [3.63, 3.8) is 0 Å². The number of nitrogens with one attached hydrogen (secondary N) is 2. The lowest BCUT2D eigenvalue weighted by Gasteiger charge is -2.32. The number of allylic oxidation sites excluding steroid dienone is 4. The Bertz CT molecular complexity index is 1660. The molecule has 4 rings (SSSR count). The van der Waals surface area contributed by atoms with Crippen molar-refractivity contribution in [2.75, 3.05) is 26.2 Å². The molecule has 2 unspecified atom stereocenters. The molecule has 14 heteroatoms. The van der Waals surface area contributed by atoms with Crippen LogP contribution in [0.5, 0.6) is 0 Å². The fourth-order valence-electron chi connectivity index (χ4n) is 4.97. The molecule has 0 saturated heterocycles. The maximum Gasteiger partial charge on any atom is 0.332 e. The summed E-state index contributed by atoms with van der Waals surface area (Å²) in [5.74, 6) is -1.64. The smallest absolute Gasteiger partial charge is 0.332 e. The summed E-state index contributed by atoms with van der Waals surface area (Å²) in [6, 6.07) is 14.3. The first-order valence-electron chi connectivity index (χ1n) is 14.2. The second-order valence-electron chi connectivity index (χ2n) is 10.4. The zero-order valence-electron chi connectivity index (χ0n) is 24.6. The second-order valence-corrected chi connectivity index (χ2v) is 10.8. The molecule has 2 atom stereocenters. The van der Waals surface area contributed by atoms with E-state index in [0.29, 0.717) is 50.6 Å². The average Bonchev–Trinajstić information content (AvgIpc) is 3.08. The summed E-state index contributed by atoms with van der Waals surface area (Å²) in [6.45, 7) is 3.34. The van der Waals surface area contributed by atoms with Crippen LogP contribution in [0.3, 0.4) is 0 Å². The molecule has 0 spiro atoms. The molecule has 2 aromatic carbocycles. The Morgan fingerprint density at radius 2 is 1.33 bits per heavy atom. The van der Waals surface area contributed by atoms with Gasteiger partial charge in [-0.3, -0.25) is 19.4 Å². The van der Waals surface area contributed by atoms with Crippen LogP contribution in [-0.2, 0) is 22.7 Å². The van der Waals surface area contributed by atoms with Crippen LogP contribution < -0.4 is 10.6 Å². The van der Waals surface area contributed by atoms with Gasteiger partial charge < -0.3 is 10.6 Å². The van der Waals surface area contributed by atoms with Crippen LogP contribution in [0.25, 0.3) is 0 Å². The van der Waals surface area contributed by atoms with Crippen LogP contribution in [0, 0.1) is 9.81 Å². The van der Waals surface area contributed by atoms with Gasteiger partial charge in [0.1, 0.15) is 11.7 Å². The molecule has 12 nitrogen and oxygen atoms in total. The molecule has 2 aliphatic heterocycles. The van der Waals surface area contributed by atoms with Crippen LogP contribution >= 0.6 is 24.4 Å². The fourth-order valence-corrected chi connectivity index (χ4v) is 5.18. The van der Waals surface area contributed by atoms with Crippen molar-refractivity contribution < 1.29 is 9.59 Å². The molecule has 234 valence electrons. The molecule has 0 aliphatic carbocycles. The normalized spacial score (nSPS) is 16.7. The summed E-state index contributed by atoms with van der Waals surface area (Å²) < 4.78 is 0. The van der Waals surface area contributed by atoms with E-state index >= 15 is 0 Å². The number of nitroso groups, excluding NO2 is 2. The highest BCUT2D eigenvalue weighted by Gasteiger charge is 2.22. The lowest BCUT2D eigenvalue weighted by atomic mass is 10.1. The van der Waals surface area contributed by atoms with Crippen molar-refractivity contribution in [1.82, 2.24) is 20.4 Å². The highest BCUT2D eigenvalue weighted by Crippen LogP contribution is 2.18. The number of amides is 2. The molecule has 2 amide bonds. The molecule has 2 heterocycles. The summed E-state index contributed by atoms with van der Waals surface area (Å²) >= 11 is 9.43. The Kier molecular flexibility index (Phi) is 12.9. The van der Waals surface area contributed by atoms with E-state index in [0.717, 1.165) is 16.8 Å². The Morgan fingerprint density at radius 3 is 1.91 bits per heavy atom. The Balaban J connectivity index is 1.54. The Hall–Kier alpha value is -4.94. The molecule has 0 radical (unpaired) electrons. The van der Waals surface area contributed by atoms with Gasteiger partial charge in [0.25, 0.3) is 0 Å². The van der Waals surface area contributed by atoms with E-state index in [9.17, 15) is 19.4 Å². The quantitative estimate of drug-likeness (QED) is 0.155. The van der Waals surface area contributed by atoms with Gasteiger partial charge in [0.15, 0.2) is 0 Å². The van der Waals surface area contributed by atoms with Gasteiger partial charge in [-0.1, -0.05) is 48.6 Å². The predicted octanol–water partition coefficient (Wildman–Crippen LogP) is 4.87. The molecule has 2 N–H and O–H groups in total. The van der Waals surface area contributed by atoms with E-state index in [2.05, 4.69) is 51.1 Å². The molecule has 0 aromatic heterocycles. The lowest BCUT2D eigenvalue weighted by molar-refractivity contribution is -0.118. The van der Waals surface area contributed by atoms with Crippen LogP contribution in [0.1, 0.15) is 11.1 Å². The van der Waals surface area contributed by atoms with Gasteiger partial charge in [-0.25, -0.2) is 0 Å². The van der Waals surface area contributed by atoms with E-state index in [1.807, 2.05) is 60.7 Å². The van der Waals surface area contributed by atoms with Gasteiger partial charge in [0, 0.05) is 55.3 Å². The van der Waals surface area contributed by atoms with Gasteiger partial charge in [-0.15, -0.1) is 9.81 Å². The first-order valence-corrected chi connectivity index (χ1v) is 15.0. The maximum absolute atomic E-state index is 12.0. The molecule has 0 saturated carbocycles. The minimum Gasteiger partial charge on any atom is -0.373 e. The van der Waals surface area contributed by atoms with Gasteiger partial charge in [0.2, 0.25) is 0 Å². The highest BCUT2D eigenvalue weighted by atomic mass is 32.1. The summed E-state index contributed by atoms with van der Waals surface area (Å²) in [4.78, 5) is 58.1. The van der Waals surface area contributed by atoms with E-state index in [4.69, 9.17) is 24.4 Å². The summed E-state index contributed by atoms with van der Waals surface area (Å²) in [7, 11) is 0. The van der Waals surface area contributed by atoms with E-state index in [1.165, 1.54) is 6.08 Å². The number of aliphatic imine (C=N–C) groups is 2. The van der Waals surface area contributed by atoms with E-state index < -0.39 is 17.9 Å². The number of hydrogen-bond donors (Lipinski definition) is 2. The van der Waals surface area contributed by atoms with Crippen LogP contribution in [-0.4, -0.2) is 70.2 Å². The number of nitrogens with zero attached hydrogens (tertiary/aromatic N) is 6. The van der Waals surface area contributed by atoms with Gasteiger partial charge >= 0.3 is 11.8 Å². The molecule has 0 fully saturated rings. The molecule has 2 aliphatic rings. The third kappa shape index (κ3) is 10.3. The molecule has 46 heavy (non-hydrogen) atoms. The molecule has 2 aromatic rings. The summed E-state index contributed by atoms with van der Waals surface area (Å²) in [5.41, 5.74) is 4.38. The van der Waals surface area contributed by atoms with Gasteiger partial charge in [-0.05, 0) is 72.0 Å². The standard InChI is InChI=1S/C32H30N8O4S2/c41-31(37-43)29-5-1-3-27(35-29)19-39(17-23-7-11-25(12-8-23)33-21-45)15-16-40(18-24-9-13-26(14-10-24)34-22-46)20-28-4-2-6-30(36-28)32(42)38-44/h1-14,27,30,35-36H,15-20H2. The number of benzene rings is 2. The van der Waals surface area contributed by atoms with Crippen LogP contribution in [0.4, 0.5) is 11.4 Å². The number of carbonyl (C=O) groups excluding carboxylic acids is 2. The van der Waals surface area contributed by atoms with Crippen LogP contribution in [0.15, 0.2) is 117 Å². The highest BCUT2D eigenvalue weighted by molar-refractivity contribution is 7.78. The van der Waals surface area contributed by atoms with Crippen molar-refractivity contribution in [1.29, 1.82) is 0 Å². The number of hydrogen-bond acceptors (Lipinski definition) is 12. The average molecular weight is 655 g/mol. The Morgan fingerprint density at radius 1 is 0.739 bits per heavy atom. The first-order chi connectivity index (χ1) is 22.4. The van der Waals surface area contributed by atoms with Crippen molar-refractivity contribution in [2.24, 2.45) is 20.3 Å². The van der Waals surface area contributed by atoms with Crippen LogP contribution in [0.2, 0.25) is 0 Å². The zero-order chi connectivity index (χ0) is 32.7. The van der Waals surface area contributed by atoms with Crippen molar-refractivity contribution >= 4 is 57.9 Å². The maximum atomic E-state index is 12.0. The third-order valence-corrected chi connectivity index (χ3v) is 7.36. The minimum absolute atomic E-state index is 0.144. The van der Waals surface area contributed by atoms with Gasteiger partial charge in [-0.2, -0.15) is 9.98 Å². The predicted molar refractivity (Wildman–Crippen MR) is 183 cm³/mol. The largest absolute Gasteiger partial charge is 0.373 e. The number of carbonyl (C=O) groups is 2. The number of rotatable bonds is 15. The number of dihydropyridines is 2. The zero-order valence-corrected chi connectivity index (χ0v) is 26.2. The minimum atomic E-state index is -0.854. The van der Waals surface area contributed by atoms with Crippen molar-refractivity contribution in [3.8, 4) is 0 Å². The fraction of sp³-hybridized carbons (Fsp3) is 0.250. The number of thiocarbonyl (C=S) groups is 2. The second kappa shape index (κ2) is 17.5. The third-order valence-electron chi connectivity index (χ3n) is 7.17. The SMILES string of the molecule is O=NC(=O)C1=CC=CC(CN(CCN(CC2=CC=CC(C(=O)N=O)N2)Cc2ccc(N=C=S)cc2)Cc2ccc(N=C=S)cc2)N1. The van der Waals surface area contributed by atoms with E-state index in [1.54, 1.807) is 18.2 Å². The number of isothiocyanates is 2. The lowest BCUT2D eigenvalue weighted by Crippen LogP contribution is -2.45. The molecule has 0 bridgehead atoms.